The summed E-state index contributed by atoms with van der Waals surface area (Å²) in [5.74, 6) is -13.3. The van der Waals surface area contributed by atoms with Gasteiger partial charge in [-0.3, -0.25) is 78.8 Å². The minimum atomic E-state index is -1.89. The van der Waals surface area contributed by atoms with Gasteiger partial charge in [-0.05, 0) is 113 Å². The first kappa shape index (κ1) is 88.2. The Morgan fingerprint density at radius 2 is 0.655 bits per heavy atom. The molecule has 12 aliphatic rings. The zero-order chi connectivity index (χ0) is 97.7. The minimum Gasteiger partial charge on any atom is -0.494 e. The van der Waals surface area contributed by atoms with Crippen LogP contribution in [0.25, 0.3) is 43.9 Å². The van der Waals surface area contributed by atoms with Gasteiger partial charge in [-0.25, -0.2) is 49.9 Å². The van der Waals surface area contributed by atoms with E-state index in [0.29, 0.717) is 61.7 Å². The first-order chi connectivity index (χ1) is 66.5. The van der Waals surface area contributed by atoms with E-state index in [2.05, 4.69) is 53.2 Å². The molecule has 38 nitrogen and oxygen atoms in total. The molecule has 10 N–H and O–H groups in total. The SMILES string of the molecule is COc1ccc2c(c1F)C(=O)N(C[C@@]1(c3cc4cc(F)c5c(c4o3)CNC5=O)NC(=O)NC1=O)C2.COc1ccc2c(c1F)C(=O)N(C[C@@]1(c3cc4cc5c(c(F)c4o3)C(=O)CC5)NC(=O)NC1=O)C2.COc1ccc2c(c1F)C(=O)N(C[C@@]1(c3cc4cc5c(c(F)c4o3)CCC5=O)NC(=O)NC1=O)C2.COc1ccc2c(c1F)C(=O)N(C[C@@]1(c3cc4ccc5c(c4o3)CNC5=O)NC(=O)NC1=O)C2. The number of nitrogens with zero attached hydrogens (tertiary/aromatic N) is 4. The lowest BCUT2D eigenvalue weighted by atomic mass is 9.95. The lowest BCUT2D eigenvalue weighted by Gasteiger charge is -2.29. The Bertz CT molecular complexity index is 7670. The summed E-state index contributed by atoms with van der Waals surface area (Å²) in [5, 5.41) is 25.4. The highest BCUT2D eigenvalue weighted by Gasteiger charge is 2.59. The van der Waals surface area contributed by atoms with Crippen LogP contribution in [0.5, 0.6) is 23.0 Å². The average Bonchev–Trinajstić information content (AvgIpc) is 1.51. The molecule has 4 aromatic heterocycles. The summed E-state index contributed by atoms with van der Waals surface area (Å²) in [4.78, 5) is 206. The number of nitrogens with one attached hydrogen (secondary N) is 10. The number of methoxy groups -OCH3 is 4. The average molecular weight is 1910 g/mol. The molecule has 706 valence electrons. The molecule has 4 saturated heterocycles. The van der Waals surface area contributed by atoms with E-state index in [9.17, 15) is 98.7 Å². The van der Waals surface area contributed by atoms with Gasteiger partial charge in [-0.1, -0.05) is 30.3 Å². The molecule has 12 aromatic rings. The molecule has 45 heteroatoms. The number of halogens is 7. The van der Waals surface area contributed by atoms with Crippen LogP contribution in [0.2, 0.25) is 0 Å². The van der Waals surface area contributed by atoms with Crippen molar-refractivity contribution in [1.29, 1.82) is 0 Å². The van der Waals surface area contributed by atoms with Crippen molar-refractivity contribution >= 4 is 139 Å². The summed E-state index contributed by atoms with van der Waals surface area (Å²) < 4.78 is 147. The normalized spacial score (nSPS) is 20.9. The number of urea groups is 4. The van der Waals surface area contributed by atoms with E-state index < -0.39 is 153 Å². The molecule has 0 spiro atoms. The number of hydrogen-bond acceptors (Lipinski definition) is 24. The molecule has 4 fully saturated rings. The Morgan fingerprint density at radius 3 is 1.04 bits per heavy atom. The second-order valence-corrected chi connectivity index (χ2v) is 34.4. The van der Waals surface area contributed by atoms with Crippen molar-refractivity contribution in [3.05, 3.63) is 256 Å². The van der Waals surface area contributed by atoms with E-state index in [-0.39, 0.29) is 213 Å². The lowest BCUT2D eigenvalue weighted by molar-refractivity contribution is -0.126. The Kier molecular flexibility index (Phi) is 20.2. The van der Waals surface area contributed by atoms with Gasteiger partial charge in [0.15, 0.2) is 103 Å². The topological polar surface area (TPSA) is 496 Å². The molecule has 0 bridgehead atoms. The van der Waals surface area contributed by atoms with Gasteiger partial charge in [0.2, 0.25) is 0 Å². The molecule has 18 amide bonds. The number of aryl methyl sites for hydroxylation is 1. The van der Waals surface area contributed by atoms with Crippen LogP contribution in [0.1, 0.15) is 163 Å². The van der Waals surface area contributed by atoms with Crippen LogP contribution in [0.15, 0.2) is 121 Å². The number of ketones is 2. The summed E-state index contributed by atoms with van der Waals surface area (Å²) >= 11 is 0. The fourth-order valence-electron chi connectivity index (χ4n) is 19.9. The molecular weight excluding hydrogens is 1840 g/mol. The second kappa shape index (κ2) is 31.9. The monoisotopic (exact) mass is 1910 g/mol. The standard InChI is InChI=1S/2C24H17F2N3O6.C23H16F2N4O6.C23H17FN4O6/c1-34-15-5-2-10-8-29(21(31)17(10)19(15)26)9-24(22(32)27-23(33)28-24)16-7-11-6-13-12(3-4-14(13)30)18(25)20(11)35-16;1-34-14-5-3-11-8-29(21(31)17(11)18(14)25)9-24(22(32)27-23(33)28-24)15-7-12-6-10-2-4-13(30)16(10)19(26)20(12)35-15;1-34-13-3-2-9-7-29(20(31)15(9)17(13)25)8-23(21(32)27-22(33)28-23)14-5-10-4-12(24)16-11(18(10)35-14)6-26-19(16)30;1-33-14-5-3-11-8-28(20(30)16(11)17(14)24)9-23(21(31)26-22(32)27-23)15-6-10-2-4-12-13(18(10)34-15)7-25-19(12)29/h2,5-7H,3-4,8-9H2,1H3,(H2,27,28,32,33);3,5-7H,2,4,8-9H2,1H3,(H2,27,28,32,33);2-5H,6-8H2,1H3,(H,26,30)(H2,27,28,32,33);2-6H,7-9H2,1H3,(H,25,29)(H2,26,27,31,32)/t2*24-;2*23-/m0000/s1. The third kappa shape index (κ3) is 13.4. The minimum absolute atomic E-state index is 0.0251. The van der Waals surface area contributed by atoms with E-state index in [0.717, 1.165) is 6.07 Å². The number of fused-ring (bicyclic) bond motifs is 14. The quantitative estimate of drug-likeness (QED) is 0.0321. The number of Topliss-reactive ketones (excluding diaryl/α,β-unsaturated/α-hetero) is 2. The number of rotatable bonds is 16. The van der Waals surface area contributed by atoms with Crippen LogP contribution in [-0.4, -0.2) is 169 Å². The Hall–Kier alpha value is -17.5. The van der Waals surface area contributed by atoms with Crippen molar-refractivity contribution in [2.75, 3.05) is 54.6 Å². The van der Waals surface area contributed by atoms with Gasteiger partial charge < -0.3 is 88.1 Å². The Morgan fingerprint density at radius 1 is 0.309 bits per heavy atom. The molecule has 0 radical (unpaired) electrons. The van der Waals surface area contributed by atoms with E-state index in [1.807, 2.05) is 0 Å². The second-order valence-electron chi connectivity index (χ2n) is 34.4. The number of hydrogen-bond donors (Lipinski definition) is 10. The van der Waals surface area contributed by atoms with Crippen LogP contribution < -0.4 is 72.1 Å². The van der Waals surface area contributed by atoms with Crippen LogP contribution in [-0.2, 0) is 93.4 Å². The number of imide groups is 4. The Labute approximate surface area is 772 Å². The van der Waals surface area contributed by atoms with Gasteiger partial charge in [0.1, 0.15) is 40.0 Å². The number of amides is 18. The third-order valence-electron chi connectivity index (χ3n) is 26.7. The van der Waals surface area contributed by atoms with E-state index in [4.69, 9.17) is 36.6 Å². The summed E-state index contributed by atoms with van der Waals surface area (Å²) in [6.45, 7) is -1.24. The molecular formula is C94H67F7N14O24. The van der Waals surface area contributed by atoms with Crippen molar-refractivity contribution in [2.45, 2.75) is 87.1 Å². The summed E-state index contributed by atoms with van der Waals surface area (Å²) in [6.07, 6.45) is 1.03. The number of carbonyl (C=O) groups excluding carboxylic acids is 16. The summed E-state index contributed by atoms with van der Waals surface area (Å²) in [5.41, 5.74) is -4.03. The van der Waals surface area contributed by atoms with Crippen molar-refractivity contribution in [2.24, 2.45) is 0 Å². The molecule has 0 unspecified atom stereocenters. The highest BCUT2D eigenvalue weighted by atomic mass is 19.2. The van der Waals surface area contributed by atoms with Gasteiger partial charge >= 0.3 is 24.1 Å². The molecule has 8 aromatic carbocycles. The molecule has 0 saturated carbocycles. The molecule has 14 heterocycles. The van der Waals surface area contributed by atoms with Gasteiger partial charge in [0, 0.05) is 101 Å². The van der Waals surface area contributed by atoms with Crippen LogP contribution in [0, 0.1) is 40.7 Å². The van der Waals surface area contributed by atoms with Crippen LogP contribution >= 0.6 is 0 Å². The van der Waals surface area contributed by atoms with Gasteiger partial charge in [0.25, 0.3) is 59.1 Å². The third-order valence-corrected chi connectivity index (χ3v) is 26.7. The van der Waals surface area contributed by atoms with Crippen LogP contribution in [0.4, 0.5) is 49.9 Å². The molecule has 139 heavy (non-hydrogen) atoms. The number of benzene rings is 8. The predicted molar refractivity (Wildman–Crippen MR) is 457 cm³/mol. The van der Waals surface area contributed by atoms with Crippen molar-refractivity contribution in [3.63, 3.8) is 0 Å². The maximum atomic E-state index is 15.2. The maximum absolute atomic E-state index is 15.2. The molecule has 24 rings (SSSR count). The first-order valence-corrected chi connectivity index (χ1v) is 42.6. The smallest absolute Gasteiger partial charge is 0.322 e. The molecule has 10 aliphatic heterocycles. The van der Waals surface area contributed by atoms with Gasteiger partial charge in [0.05, 0.1) is 88.0 Å². The van der Waals surface area contributed by atoms with E-state index >= 15 is 8.78 Å². The van der Waals surface area contributed by atoms with E-state index in [1.54, 1.807) is 48.5 Å². The summed E-state index contributed by atoms with van der Waals surface area (Å²) in [6, 6.07) is 21.9. The van der Waals surface area contributed by atoms with Gasteiger partial charge in [-0.2, -0.15) is 0 Å². The first-order valence-electron chi connectivity index (χ1n) is 42.6. The zero-order valence-corrected chi connectivity index (χ0v) is 72.4. The number of furan rings is 4. The predicted octanol–water partition coefficient (Wildman–Crippen LogP) is 8.25. The highest BCUT2D eigenvalue weighted by molar-refractivity contribution is 6.14. The van der Waals surface area contributed by atoms with Crippen molar-refractivity contribution in [1.82, 2.24) is 72.8 Å². The van der Waals surface area contributed by atoms with Crippen molar-refractivity contribution in [3.8, 4) is 23.0 Å². The fraction of sp³-hybridized carbons (Fsp3) is 0.234. The highest BCUT2D eigenvalue weighted by Crippen LogP contribution is 2.47. The number of ether oxygens (including phenoxy) is 4. The lowest BCUT2D eigenvalue weighted by Crippen LogP contribution is -2.52. The zero-order valence-electron chi connectivity index (χ0n) is 72.4. The van der Waals surface area contributed by atoms with Crippen molar-refractivity contribution < 1.29 is 144 Å². The van der Waals surface area contributed by atoms with Crippen LogP contribution in [0.3, 0.4) is 0 Å². The van der Waals surface area contributed by atoms with E-state index in [1.165, 1.54) is 96.6 Å². The fourth-order valence-corrected chi connectivity index (χ4v) is 19.9. The summed E-state index contributed by atoms with van der Waals surface area (Å²) in [7, 11) is 5.13. The molecule has 2 aliphatic carbocycles. The molecule has 4 atom stereocenters. The van der Waals surface area contributed by atoms with Gasteiger partial charge in [-0.15, -0.1) is 0 Å². The maximum Gasteiger partial charge on any atom is 0.322 e. The largest absolute Gasteiger partial charge is 0.494 e. The number of carbonyl (C=O) groups is 16. The Balaban J connectivity index is 0.000000110.